The zero-order valence-corrected chi connectivity index (χ0v) is 13.1. The summed E-state index contributed by atoms with van der Waals surface area (Å²) in [6, 6.07) is 1.45. The van der Waals surface area contributed by atoms with Gasteiger partial charge in [0.2, 0.25) is 10.0 Å². The summed E-state index contributed by atoms with van der Waals surface area (Å²) in [4.78, 5) is -0.569. The summed E-state index contributed by atoms with van der Waals surface area (Å²) < 4.78 is 52.6. The van der Waals surface area contributed by atoms with Crippen LogP contribution in [0.4, 0.5) is 8.78 Å². The Hall–Kier alpha value is -0.570. The van der Waals surface area contributed by atoms with Crippen molar-refractivity contribution in [2.45, 2.75) is 30.3 Å². The minimum absolute atomic E-state index is 0.0958. The lowest BCUT2D eigenvalue weighted by Gasteiger charge is -2.35. The van der Waals surface area contributed by atoms with Crippen LogP contribution >= 0.6 is 15.9 Å². The molecule has 0 bridgehead atoms. The van der Waals surface area contributed by atoms with Gasteiger partial charge in [-0.2, -0.15) is 4.31 Å². The van der Waals surface area contributed by atoms with Gasteiger partial charge in [0.1, 0.15) is 16.5 Å². The van der Waals surface area contributed by atoms with Crippen molar-refractivity contribution in [2.75, 3.05) is 13.1 Å². The van der Waals surface area contributed by atoms with Crippen LogP contribution in [0.15, 0.2) is 21.5 Å². The number of benzene rings is 1. The second kappa shape index (κ2) is 5.32. The fraction of sp³-hybridized carbons (Fsp3) is 0.500. The van der Waals surface area contributed by atoms with Gasteiger partial charge in [0.05, 0.1) is 5.60 Å². The number of hydrogen-bond acceptors (Lipinski definition) is 3. The Kier molecular flexibility index (Phi) is 4.21. The van der Waals surface area contributed by atoms with E-state index in [9.17, 15) is 22.3 Å². The van der Waals surface area contributed by atoms with Gasteiger partial charge in [-0.05, 0) is 41.8 Å². The van der Waals surface area contributed by atoms with Crippen LogP contribution < -0.4 is 0 Å². The highest BCUT2D eigenvalue weighted by Gasteiger charge is 2.36. The van der Waals surface area contributed by atoms with E-state index in [4.69, 9.17) is 0 Å². The molecule has 0 radical (unpaired) electrons. The molecular formula is C12H14BrF2NO3S. The molecule has 8 heteroatoms. The zero-order valence-electron chi connectivity index (χ0n) is 10.7. The van der Waals surface area contributed by atoms with Crippen LogP contribution in [0.2, 0.25) is 0 Å². The summed E-state index contributed by atoms with van der Waals surface area (Å²) in [6.45, 7) is 1.82. The van der Waals surface area contributed by atoms with Gasteiger partial charge in [0, 0.05) is 23.6 Å². The van der Waals surface area contributed by atoms with Gasteiger partial charge in [0.25, 0.3) is 0 Å². The Balaban J connectivity index is 2.37. The van der Waals surface area contributed by atoms with Crippen molar-refractivity contribution >= 4 is 26.0 Å². The van der Waals surface area contributed by atoms with Gasteiger partial charge >= 0.3 is 0 Å². The number of aliphatic hydroxyl groups is 1. The van der Waals surface area contributed by atoms with Crippen LogP contribution in [0, 0.1) is 11.6 Å². The van der Waals surface area contributed by atoms with Crippen LogP contribution in [-0.4, -0.2) is 36.5 Å². The Bertz CT molecular complexity index is 601. The maximum absolute atomic E-state index is 13.8. The number of halogens is 3. The van der Waals surface area contributed by atoms with E-state index >= 15 is 0 Å². The van der Waals surface area contributed by atoms with E-state index in [1.54, 1.807) is 6.92 Å². The van der Waals surface area contributed by atoms with Crippen LogP contribution in [0.1, 0.15) is 19.8 Å². The maximum atomic E-state index is 13.8. The summed E-state index contributed by atoms with van der Waals surface area (Å²) in [5, 5.41) is 9.82. The molecule has 1 aromatic rings. The highest BCUT2D eigenvalue weighted by atomic mass is 79.9. The van der Waals surface area contributed by atoms with E-state index < -0.39 is 32.2 Å². The van der Waals surface area contributed by atoms with Crippen LogP contribution in [0.3, 0.4) is 0 Å². The molecule has 1 aliphatic heterocycles. The van der Waals surface area contributed by atoms with Crippen molar-refractivity contribution in [3.8, 4) is 0 Å². The lowest BCUT2D eigenvalue weighted by molar-refractivity contribution is 0.0125. The summed E-state index contributed by atoms with van der Waals surface area (Å²) in [6.07, 6.45) is 0.541. The van der Waals surface area contributed by atoms with Crippen molar-refractivity contribution in [2.24, 2.45) is 0 Å². The summed E-state index contributed by atoms with van der Waals surface area (Å²) >= 11 is 2.89. The maximum Gasteiger partial charge on any atom is 0.247 e. The van der Waals surface area contributed by atoms with E-state index in [-0.39, 0.29) is 30.4 Å². The molecule has 112 valence electrons. The van der Waals surface area contributed by atoms with Crippen molar-refractivity contribution in [1.29, 1.82) is 0 Å². The average Bonchev–Trinajstić information content (AvgIpc) is 2.26. The molecule has 20 heavy (non-hydrogen) atoms. The smallest absolute Gasteiger partial charge is 0.247 e. The van der Waals surface area contributed by atoms with Crippen LogP contribution in [0.5, 0.6) is 0 Å². The van der Waals surface area contributed by atoms with E-state index in [1.807, 2.05) is 0 Å². The molecule has 0 aromatic heterocycles. The Morgan fingerprint density at radius 3 is 2.35 bits per heavy atom. The van der Waals surface area contributed by atoms with E-state index in [0.717, 1.165) is 10.4 Å². The highest BCUT2D eigenvalue weighted by Crippen LogP contribution is 2.32. The lowest BCUT2D eigenvalue weighted by atomic mass is 9.95. The first-order valence-electron chi connectivity index (χ1n) is 6.00. The molecular weight excluding hydrogens is 356 g/mol. The molecule has 0 amide bonds. The highest BCUT2D eigenvalue weighted by molar-refractivity contribution is 9.10. The first-order valence-corrected chi connectivity index (χ1v) is 8.24. The van der Waals surface area contributed by atoms with Crippen molar-refractivity contribution in [3.63, 3.8) is 0 Å². The molecule has 0 unspecified atom stereocenters. The fourth-order valence-corrected chi connectivity index (χ4v) is 4.67. The third-order valence-electron chi connectivity index (χ3n) is 3.36. The van der Waals surface area contributed by atoms with Gasteiger partial charge in [-0.15, -0.1) is 0 Å². The average molecular weight is 370 g/mol. The largest absolute Gasteiger partial charge is 0.390 e. The van der Waals surface area contributed by atoms with Gasteiger partial charge in [-0.3, -0.25) is 0 Å². The van der Waals surface area contributed by atoms with E-state index in [0.29, 0.717) is 6.07 Å². The number of rotatable bonds is 2. The molecule has 4 nitrogen and oxygen atoms in total. The minimum atomic E-state index is -4.06. The number of piperidine rings is 1. The van der Waals surface area contributed by atoms with Crippen LogP contribution in [-0.2, 0) is 10.0 Å². The van der Waals surface area contributed by atoms with E-state index in [1.165, 1.54) is 0 Å². The second-order valence-corrected chi connectivity index (χ2v) is 7.83. The predicted molar refractivity (Wildman–Crippen MR) is 72.7 cm³/mol. The molecule has 2 rings (SSSR count). The van der Waals surface area contributed by atoms with Crippen LogP contribution in [0.25, 0.3) is 0 Å². The number of hydrogen-bond donors (Lipinski definition) is 1. The van der Waals surface area contributed by atoms with Gasteiger partial charge in [-0.1, -0.05) is 0 Å². The monoisotopic (exact) mass is 369 g/mol. The third kappa shape index (κ3) is 3.03. The van der Waals surface area contributed by atoms with Crippen molar-refractivity contribution in [3.05, 3.63) is 28.2 Å². The van der Waals surface area contributed by atoms with Gasteiger partial charge in [-0.25, -0.2) is 17.2 Å². The second-order valence-electron chi connectivity index (χ2n) is 5.10. The van der Waals surface area contributed by atoms with Crippen molar-refractivity contribution < 1.29 is 22.3 Å². The normalized spacial score (nSPS) is 20.1. The number of sulfonamides is 1. The first-order chi connectivity index (χ1) is 9.13. The molecule has 0 aliphatic carbocycles. The van der Waals surface area contributed by atoms with Gasteiger partial charge < -0.3 is 5.11 Å². The SMILES string of the molecule is CC1(O)CCN(S(=O)(=O)c2c(F)cc(F)cc2Br)CC1. The first kappa shape index (κ1) is 15.8. The molecule has 1 aromatic carbocycles. The summed E-state index contributed by atoms with van der Waals surface area (Å²) in [5.74, 6) is -1.98. The third-order valence-corrected chi connectivity index (χ3v) is 6.22. The molecule has 0 saturated carbocycles. The molecule has 1 heterocycles. The minimum Gasteiger partial charge on any atom is -0.390 e. The molecule has 1 N–H and O–H groups in total. The standard InChI is InChI=1S/C12H14BrF2NO3S/c1-12(17)2-4-16(5-3-12)20(18,19)11-9(13)6-8(14)7-10(11)15/h6-7,17H,2-5H2,1H3. The molecule has 0 spiro atoms. The Morgan fingerprint density at radius 1 is 1.30 bits per heavy atom. The molecule has 0 atom stereocenters. The van der Waals surface area contributed by atoms with E-state index in [2.05, 4.69) is 15.9 Å². The zero-order chi connectivity index (χ0) is 15.1. The predicted octanol–water partition coefficient (Wildman–Crippen LogP) is 2.26. The lowest BCUT2D eigenvalue weighted by Crippen LogP contribution is -2.45. The Labute approximate surface area is 124 Å². The summed E-state index contributed by atoms with van der Waals surface area (Å²) in [5.41, 5.74) is -0.912. The molecule has 1 saturated heterocycles. The van der Waals surface area contributed by atoms with Crippen molar-refractivity contribution in [1.82, 2.24) is 4.31 Å². The Morgan fingerprint density at radius 2 is 1.85 bits per heavy atom. The summed E-state index contributed by atoms with van der Waals surface area (Å²) in [7, 11) is -4.06. The van der Waals surface area contributed by atoms with Gasteiger partial charge in [0.15, 0.2) is 0 Å². The number of nitrogens with zero attached hydrogens (tertiary/aromatic N) is 1. The molecule has 1 fully saturated rings. The fourth-order valence-electron chi connectivity index (χ4n) is 2.11. The topological polar surface area (TPSA) is 57.6 Å². The molecule has 1 aliphatic rings. The quantitative estimate of drug-likeness (QED) is 0.869.